The maximum atomic E-state index is 12.4. The highest BCUT2D eigenvalue weighted by molar-refractivity contribution is 7.45. The van der Waals surface area contributed by atoms with Gasteiger partial charge in [0.1, 0.15) is 11.4 Å². The van der Waals surface area contributed by atoms with Gasteiger partial charge in [-0.25, -0.2) is 4.57 Å². The van der Waals surface area contributed by atoms with Crippen molar-refractivity contribution in [2.75, 3.05) is 39.3 Å². The zero-order valence-corrected chi connectivity index (χ0v) is 12.5. The number of carbonyl (C=O) groups is 2. The summed E-state index contributed by atoms with van der Waals surface area (Å²) in [6.45, 7) is 5.41. The van der Waals surface area contributed by atoms with Crippen LogP contribution in [-0.4, -0.2) is 75.3 Å². The molecule has 0 spiro atoms. The first kappa shape index (κ1) is 15.2. The predicted octanol–water partition coefficient (Wildman–Crippen LogP) is -0.771. The summed E-state index contributed by atoms with van der Waals surface area (Å²) in [5.41, 5.74) is 1.89. The van der Waals surface area contributed by atoms with E-state index in [1.54, 1.807) is 0 Å². The Labute approximate surface area is 125 Å². The fourth-order valence-corrected chi connectivity index (χ4v) is 2.28. The van der Waals surface area contributed by atoms with Gasteiger partial charge in [-0.3, -0.25) is 19.4 Å². The standard InChI is InChI=1S/C12H13N3O2.FH2O3P/c16-9-7-8(13-1-2-13)12(17)11(15-5-6-15)10(9)14-3-4-14;1-5(2,3)4/h7H,1-6H2;(H2,2,3,4). The number of rotatable bonds is 3. The first-order valence-corrected chi connectivity index (χ1v) is 8.31. The van der Waals surface area contributed by atoms with Crippen LogP contribution < -0.4 is 0 Å². The monoisotopic (exact) mass is 331 g/mol. The lowest BCUT2D eigenvalue weighted by Crippen LogP contribution is -2.29. The van der Waals surface area contributed by atoms with Crippen molar-refractivity contribution in [1.29, 1.82) is 0 Å². The summed E-state index contributed by atoms with van der Waals surface area (Å²) in [6.07, 6.45) is 1.52. The van der Waals surface area contributed by atoms with Crippen molar-refractivity contribution in [2.24, 2.45) is 0 Å². The number of Topliss-reactive ketones (excluding diaryl/α,β-unsaturated/α-hetero) is 1. The second-order valence-electron chi connectivity index (χ2n) is 5.35. The van der Waals surface area contributed by atoms with Gasteiger partial charge >= 0.3 is 7.91 Å². The summed E-state index contributed by atoms with van der Waals surface area (Å²) in [4.78, 5) is 44.4. The van der Waals surface area contributed by atoms with Crippen molar-refractivity contribution in [3.05, 3.63) is 23.2 Å². The van der Waals surface area contributed by atoms with Crippen LogP contribution in [0.1, 0.15) is 0 Å². The third kappa shape index (κ3) is 3.55. The Kier molecular flexibility index (Phi) is 3.58. The number of halogens is 1. The van der Waals surface area contributed by atoms with E-state index in [1.165, 1.54) is 6.08 Å². The maximum Gasteiger partial charge on any atom is 0.507 e. The lowest BCUT2D eigenvalue weighted by Gasteiger charge is -2.21. The average molecular weight is 331 g/mol. The summed E-state index contributed by atoms with van der Waals surface area (Å²) in [7, 11) is -5.14. The second-order valence-corrected chi connectivity index (χ2v) is 6.30. The molecule has 2 N–H and O–H groups in total. The second kappa shape index (κ2) is 5.19. The number of hydrogen-bond acceptors (Lipinski definition) is 6. The maximum absolute atomic E-state index is 12.4. The van der Waals surface area contributed by atoms with Crippen LogP contribution in [0.15, 0.2) is 23.2 Å². The van der Waals surface area contributed by atoms with Crippen LogP contribution >= 0.6 is 7.91 Å². The summed E-state index contributed by atoms with van der Waals surface area (Å²) >= 11 is 0. The van der Waals surface area contributed by atoms with Crippen LogP contribution in [0.4, 0.5) is 4.20 Å². The van der Waals surface area contributed by atoms with E-state index in [2.05, 4.69) is 0 Å². The normalized spacial score (nSPS) is 23.2. The van der Waals surface area contributed by atoms with Crippen LogP contribution in [0.2, 0.25) is 0 Å². The molecule has 0 aromatic carbocycles. The molecular weight excluding hydrogens is 316 g/mol. The highest BCUT2D eigenvalue weighted by atomic mass is 31.2. The van der Waals surface area contributed by atoms with Crippen LogP contribution in [0.5, 0.6) is 0 Å². The van der Waals surface area contributed by atoms with E-state index in [1.807, 2.05) is 14.7 Å². The third-order valence-electron chi connectivity index (χ3n) is 3.49. The van der Waals surface area contributed by atoms with Crippen molar-refractivity contribution in [2.45, 2.75) is 0 Å². The number of hydrogen-bond donors (Lipinski definition) is 2. The molecule has 8 nitrogen and oxygen atoms in total. The highest BCUT2D eigenvalue weighted by Crippen LogP contribution is 2.35. The Morgan fingerprint density at radius 3 is 1.73 bits per heavy atom. The minimum Gasteiger partial charge on any atom is -0.365 e. The molecule has 10 heteroatoms. The first-order valence-electron chi connectivity index (χ1n) is 6.81. The van der Waals surface area contributed by atoms with Crippen molar-refractivity contribution < 1.29 is 28.1 Å². The number of ketones is 2. The molecule has 0 aromatic heterocycles. The van der Waals surface area contributed by atoms with Crippen molar-refractivity contribution >= 4 is 19.5 Å². The predicted molar refractivity (Wildman–Crippen MR) is 73.0 cm³/mol. The number of carbonyl (C=O) groups excluding carboxylic acids is 2. The van der Waals surface area contributed by atoms with Crippen LogP contribution in [0.3, 0.4) is 0 Å². The molecule has 0 atom stereocenters. The van der Waals surface area contributed by atoms with E-state index in [-0.39, 0.29) is 11.6 Å². The Bertz CT molecular complexity index is 635. The van der Waals surface area contributed by atoms with Gasteiger partial charge < -0.3 is 14.7 Å². The van der Waals surface area contributed by atoms with Crippen LogP contribution in [0.25, 0.3) is 0 Å². The highest BCUT2D eigenvalue weighted by Gasteiger charge is 2.43. The Morgan fingerprint density at radius 2 is 1.32 bits per heavy atom. The number of allylic oxidation sites excluding steroid dienone is 1. The molecule has 120 valence electrons. The molecule has 4 aliphatic rings. The molecule has 0 radical (unpaired) electrons. The van der Waals surface area contributed by atoms with E-state index in [4.69, 9.17) is 14.4 Å². The molecule has 3 heterocycles. The SMILES string of the molecule is O=C1C=C(N2CC2)C(=O)C(N2CC2)=C1N1CC1.O=P(O)(O)F. The summed E-state index contributed by atoms with van der Waals surface area (Å²) in [6, 6.07) is 0. The largest absolute Gasteiger partial charge is 0.507 e. The molecule has 4 rings (SSSR count). The molecule has 0 saturated carbocycles. The summed E-state index contributed by atoms with van der Waals surface area (Å²) < 4.78 is 19.0. The van der Waals surface area contributed by atoms with Gasteiger partial charge in [0.2, 0.25) is 11.6 Å². The minimum absolute atomic E-state index is 0.00546. The van der Waals surface area contributed by atoms with Crippen LogP contribution in [-0.2, 0) is 14.2 Å². The topological polar surface area (TPSA) is 101 Å². The van der Waals surface area contributed by atoms with Gasteiger partial charge in [-0.15, -0.1) is 4.20 Å². The average Bonchev–Trinajstić information content (AvgIpc) is 3.24. The molecule has 0 bridgehead atoms. The van der Waals surface area contributed by atoms with Gasteiger partial charge in [0.05, 0.1) is 5.70 Å². The lowest BCUT2D eigenvalue weighted by atomic mass is 10.0. The van der Waals surface area contributed by atoms with Gasteiger partial charge in [0.15, 0.2) is 0 Å². The van der Waals surface area contributed by atoms with E-state index in [0.29, 0.717) is 17.1 Å². The smallest absolute Gasteiger partial charge is 0.365 e. The molecule has 3 fully saturated rings. The zero-order chi connectivity index (χ0) is 16.1. The van der Waals surface area contributed by atoms with E-state index >= 15 is 0 Å². The van der Waals surface area contributed by atoms with E-state index in [0.717, 1.165) is 39.3 Å². The van der Waals surface area contributed by atoms with E-state index in [9.17, 15) is 13.8 Å². The van der Waals surface area contributed by atoms with E-state index < -0.39 is 7.91 Å². The zero-order valence-electron chi connectivity index (χ0n) is 11.6. The molecule has 1 aliphatic carbocycles. The number of nitrogens with zero attached hydrogens (tertiary/aromatic N) is 3. The molecule has 3 aliphatic heterocycles. The van der Waals surface area contributed by atoms with Gasteiger partial charge in [-0.2, -0.15) is 0 Å². The van der Waals surface area contributed by atoms with Gasteiger partial charge in [-0.05, 0) is 0 Å². The molecule has 3 saturated heterocycles. The Hall–Kier alpha value is -1.70. The minimum atomic E-state index is -5.14. The third-order valence-corrected chi connectivity index (χ3v) is 3.49. The summed E-state index contributed by atoms with van der Waals surface area (Å²) in [5, 5.41) is 0. The lowest BCUT2D eigenvalue weighted by molar-refractivity contribution is -0.117. The first-order chi connectivity index (χ1) is 10.3. The van der Waals surface area contributed by atoms with Crippen molar-refractivity contribution in [3.63, 3.8) is 0 Å². The molecule has 0 amide bonds. The van der Waals surface area contributed by atoms with Gasteiger partial charge in [-0.1, -0.05) is 0 Å². The van der Waals surface area contributed by atoms with Crippen LogP contribution in [0, 0.1) is 0 Å². The summed E-state index contributed by atoms with van der Waals surface area (Å²) in [5.74, 6) is 0.0485. The van der Waals surface area contributed by atoms with Gasteiger partial charge in [0.25, 0.3) is 0 Å². The van der Waals surface area contributed by atoms with Crippen molar-refractivity contribution in [3.8, 4) is 0 Å². The quantitative estimate of drug-likeness (QED) is 0.395. The fraction of sp³-hybridized carbons (Fsp3) is 0.500. The Balaban J connectivity index is 0.000000254. The Morgan fingerprint density at radius 1 is 0.909 bits per heavy atom. The molecular formula is C12H15FN3O5P. The molecule has 22 heavy (non-hydrogen) atoms. The fourth-order valence-electron chi connectivity index (χ4n) is 2.28. The molecule has 0 aromatic rings. The van der Waals surface area contributed by atoms with Crippen molar-refractivity contribution in [1.82, 2.24) is 14.7 Å². The molecule has 0 unspecified atom stereocenters. The van der Waals surface area contributed by atoms with Gasteiger partial charge in [0, 0.05) is 45.3 Å².